The van der Waals surface area contributed by atoms with Crippen LogP contribution in [-0.2, 0) is 0 Å². The second kappa shape index (κ2) is 3.26. The molecular formula is C9H8N2O2S. The molecule has 0 aliphatic heterocycles. The molecular weight excluding hydrogens is 200 g/mol. The number of thiophene rings is 1. The van der Waals surface area contributed by atoms with E-state index < -0.39 is 5.69 Å². The van der Waals surface area contributed by atoms with Crippen molar-refractivity contribution >= 4 is 11.3 Å². The lowest BCUT2D eigenvalue weighted by Gasteiger charge is -2.01. The Morgan fingerprint density at radius 1 is 1.43 bits per heavy atom. The summed E-state index contributed by atoms with van der Waals surface area (Å²) in [6.07, 6.45) is 1.55. The summed E-state index contributed by atoms with van der Waals surface area (Å²) in [6.45, 7) is 1.67. The fraction of sp³-hybridized carbons (Fsp3) is 0.111. The van der Waals surface area contributed by atoms with Gasteiger partial charge in [0.05, 0.1) is 0 Å². The van der Waals surface area contributed by atoms with E-state index in [-0.39, 0.29) is 5.56 Å². The zero-order valence-electron chi connectivity index (χ0n) is 7.48. The van der Waals surface area contributed by atoms with Crippen LogP contribution in [0.3, 0.4) is 0 Å². The number of aryl methyl sites for hydroxylation is 1. The largest absolute Gasteiger partial charge is 0.333 e. The molecule has 4 nitrogen and oxygen atoms in total. The third kappa shape index (κ3) is 1.42. The van der Waals surface area contributed by atoms with Crippen molar-refractivity contribution < 1.29 is 0 Å². The number of hydrogen-bond acceptors (Lipinski definition) is 3. The molecule has 0 aromatic carbocycles. The molecule has 0 radical (unpaired) electrons. The molecule has 14 heavy (non-hydrogen) atoms. The zero-order valence-corrected chi connectivity index (χ0v) is 8.30. The highest BCUT2D eigenvalue weighted by Gasteiger charge is 2.02. The molecule has 2 heterocycles. The third-order valence-electron chi connectivity index (χ3n) is 1.86. The van der Waals surface area contributed by atoms with Crippen LogP contribution in [0, 0.1) is 6.92 Å². The predicted octanol–water partition coefficient (Wildman–Crippen LogP) is 0.896. The topological polar surface area (TPSA) is 54.9 Å². The van der Waals surface area contributed by atoms with Crippen molar-refractivity contribution in [1.29, 1.82) is 0 Å². The Hall–Kier alpha value is -1.62. The van der Waals surface area contributed by atoms with E-state index in [1.165, 1.54) is 15.9 Å². The minimum absolute atomic E-state index is 0.331. The first-order valence-electron chi connectivity index (χ1n) is 4.05. The summed E-state index contributed by atoms with van der Waals surface area (Å²) in [7, 11) is 0. The van der Waals surface area contributed by atoms with Crippen LogP contribution in [0.2, 0.25) is 0 Å². The van der Waals surface area contributed by atoms with Crippen LogP contribution < -0.4 is 11.2 Å². The van der Waals surface area contributed by atoms with E-state index >= 15 is 0 Å². The molecule has 2 aromatic heterocycles. The third-order valence-corrected chi connectivity index (χ3v) is 2.73. The standard InChI is InChI=1S/C9H8N2O2S/c1-6-5-11(7-3-2-4-14-7)9(13)10-8(6)12/h2-5H,1H3,(H,10,12,13). The van der Waals surface area contributed by atoms with E-state index in [9.17, 15) is 9.59 Å². The normalized spacial score (nSPS) is 10.4. The molecule has 2 aromatic rings. The monoisotopic (exact) mass is 208 g/mol. The van der Waals surface area contributed by atoms with Crippen LogP contribution in [0.1, 0.15) is 5.56 Å². The van der Waals surface area contributed by atoms with Crippen molar-refractivity contribution in [1.82, 2.24) is 9.55 Å². The van der Waals surface area contributed by atoms with Gasteiger partial charge in [0.2, 0.25) is 0 Å². The van der Waals surface area contributed by atoms with Gasteiger partial charge in [-0.05, 0) is 24.4 Å². The van der Waals surface area contributed by atoms with Crippen LogP contribution in [0.5, 0.6) is 0 Å². The molecule has 0 aliphatic carbocycles. The first-order valence-corrected chi connectivity index (χ1v) is 4.93. The van der Waals surface area contributed by atoms with Gasteiger partial charge in [0.25, 0.3) is 5.56 Å². The Bertz CT molecular complexity index is 551. The van der Waals surface area contributed by atoms with Crippen molar-refractivity contribution in [2.75, 3.05) is 0 Å². The number of nitrogens with zero attached hydrogens (tertiary/aromatic N) is 1. The molecule has 0 aliphatic rings. The predicted molar refractivity (Wildman–Crippen MR) is 55.3 cm³/mol. The van der Waals surface area contributed by atoms with E-state index in [2.05, 4.69) is 4.98 Å². The molecule has 0 saturated heterocycles. The van der Waals surface area contributed by atoms with Crippen molar-refractivity contribution in [2.24, 2.45) is 0 Å². The molecule has 5 heteroatoms. The number of aromatic nitrogens is 2. The van der Waals surface area contributed by atoms with Gasteiger partial charge in [-0.3, -0.25) is 14.3 Å². The molecule has 72 valence electrons. The average molecular weight is 208 g/mol. The highest BCUT2D eigenvalue weighted by atomic mass is 32.1. The quantitative estimate of drug-likeness (QED) is 0.756. The molecule has 0 fully saturated rings. The smallest absolute Gasteiger partial charge is 0.273 e. The summed E-state index contributed by atoms with van der Waals surface area (Å²) in [5, 5.41) is 2.68. The Balaban J connectivity index is 2.72. The molecule has 0 bridgehead atoms. The van der Waals surface area contributed by atoms with Crippen molar-refractivity contribution in [2.45, 2.75) is 6.92 Å². The lowest BCUT2D eigenvalue weighted by atomic mass is 10.4. The molecule has 0 unspecified atom stereocenters. The lowest BCUT2D eigenvalue weighted by molar-refractivity contribution is 0.892. The van der Waals surface area contributed by atoms with Crippen LogP contribution in [0.15, 0.2) is 33.3 Å². The Morgan fingerprint density at radius 2 is 2.21 bits per heavy atom. The van der Waals surface area contributed by atoms with Crippen molar-refractivity contribution in [3.8, 4) is 5.00 Å². The number of nitrogens with one attached hydrogen (secondary N) is 1. The number of rotatable bonds is 1. The number of aromatic amines is 1. The maximum absolute atomic E-state index is 11.4. The van der Waals surface area contributed by atoms with Crippen LogP contribution in [0.4, 0.5) is 0 Å². The minimum atomic E-state index is -0.400. The van der Waals surface area contributed by atoms with Gasteiger partial charge in [-0.2, -0.15) is 0 Å². The highest BCUT2D eigenvalue weighted by Crippen LogP contribution is 2.11. The van der Waals surface area contributed by atoms with E-state index in [1.54, 1.807) is 13.1 Å². The Morgan fingerprint density at radius 3 is 2.86 bits per heavy atom. The van der Waals surface area contributed by atoms with Gasteiger partial charge < -0.3 is 0 Å². The fourth-order valence-electron chi connectivity index (χ4n) is 1.14. The SMILES string of the molecule is Cc1cn(-c2cccs2)c(=O)[nH]c1=O. The van der Waals surface area contributed by atoms with Gasteiger partial charge in [-0.15, -0.1) is 11.3 Å². The molecule has 2 rings (SSSR count). The maximum atomic E-state index is 11.4. The molecule has 1 N–H and O–H groups in total. The summed E-state index contributed by atoms with van der Waals surface area (Å²) >= 11 is 1.45. The fourth-order valence-corrected chi connectivity index (χ4v) is 1.84. The van der Waals surface area contributed by atoms with E-state index in [0.29, 0.717) is 5.56 Å². The first-order chi connectivity index (χ1) is 6.68. The van der Waals surface area contributed by atoms with Gasteiger partial charge in [0, 0.05) is 11.8 Å². The highest BCUT2D eigenvalue weighted by molar-refractivity contribution is 7.12. The number of H-pyrrole nitrogens is 1. The van der Waals surface area contributed by atoms with Crippen LogP contribution in [-0.4, -0.2) is 9.55 Å². The first kappa shape index (κ1) is 8.96. The van der Waals surface area contributed by atoms with Gasteiger partial charge in [-0.25, -0.2) is 4.79 Å². The summed E-state index contributed by atoms with van der Waals surface area (Å²) in [6, 6.07) is 3.68. The Kier molecular flexibility index (Phi) is 2.09. The van der Waals surface area contributed by atoms with E-state index in [1.807, 2.05) is 17.5 Å². The Labute approximate surface area is 83.5 Å². The van der Waals surface area contributed by atoms with E-state index in [4.69, 9.17) is 0 Å². The molecule has 0 amide bonds. The van der Waals surface area contributed by atoms with Gasteiger partial charge >= 0.3 is 5.69 Å². The maximum Gasteiger partial charge on any atom is 0.333 e. The lowest BCUT2D eigenvalue weighted by Crippen LogP contribution is -2.29. The second-order valence-electron chi connectivity index (χ2n) is 2.89. The number of hydrogen-bond donors (Lipinski definition) is 1. The average Bonchev–Trinajstić information content (AvgIpc) is 2.64. The summed E-state index contributed by atoms with van der Waals surface area (Å²) in [4.78, 5) is 24.8. The second-order valence-corrected chi connectivity index (χ2v) is 3.82. The van der Waals surface area contributed by atoms with Crippen LogP contribution >= 0.6 is 11.3 Å². The van der Waals surface area contributed by atoms with Gasteiger partial charge in [0.1, 0.15) is 5.00 Å². The van der Waals surface area contributed by atoms with Gasteiger partial charge in [0.15, 0.2) is 0 Å². The van der Waals surface area contributed by atoms with Gasteiger partial charge in [-0.1, -0.05) is 0 Å². The molecule has 0 saturated carbocycles. The van der Waals surface area contributed by atoms with Crippen LogP contribution in [0.25, 0.3) is 5.00 Å². The van der Waals surface area contributed by atoms with E-state index in [0.717, 1.165) is 5.00 Å². The molecule has 0 spiro atoms. The summed E-state index contributed by atoms with van der Waals surface area (Å²) in [5.41, 5.74) is -0.205. The summed E-state index contributed by atoms with van der Waals surface area (Å²) < 4.78 is 1.43. The summed E-state index contributed by atoms with van der Waals surface area (Å²) in [5.74, 6) is 0. The van der Waals surface area contributed by atoms with Crippen molar-refractivity contribution in [3.63, 3.8) is 0 Å². The van der Waals surface area contributed by atoms with Crippen molar-refractivity contribution in [3.05, 3.63) is 50.1 Å². The zero-order chi connectivity index (χ0) is 10.1. The minimum Gasteiger partial charge on any atom is -0.273 e. The molecule has 0 atom stereocenters.